The lowest BCUT2D eigenvalue weighted by Gasteiger charge is -2.18. The van der Waals surface area contributed by atoms with Gasteiger partial charge in [0.25, 0.3) is 0 Å². The Morgan fingerprint density at radius 3 is 2.43 bits per heavy atom. The topological polar surface area (TPSA) is 66.5 Å². The van der Waals surface area contributed by atoms with Gasteiger partial charge in [0.05, 0.1) is 4.90 Å². The first-order valence-corrected chi connectivity index (χ1v) is 11.2. The van der Waals surface area contributed by atoms with Gasteiger partial charge in [-0.3, -0.25) is 4.79 Å². The molecule has 0 saturated carbocycles. The number of nitrogens with zero attached hydrogens (tertiary/aromatic N) is 1. The van der Waals surface area contributed by atoms with Crippen molar-refractivity contribution in [1.29, 1.82) is 0 Å². The molecule has 9 heteroatoms. The molecule has 0 bridgehead atoms. The largest absolute Gasteiger partial charge is 0.326 e. The Kier molecular flexibility index (Phi) is 7.97. The molecular formula is C19H22F2N2O3S2. The van der Waals surface area contributed by atoms with Crippen LogP contribution in [0.1, 0.15) is 20.3 Å². The summed E-state index contributed by atoms with van der Waals surface area (Å²) in [7, 11) is -3.61. The van der Waals surface area contributed by atoms with Crippen LogP contribution in [0.15, 0.2) is 52.3 Å². The summed E-state index contributed by atoms with van der Waals surface area (Å²) in [5.41, 5.74) is 0.385. The fraction of sp³-hybridized carbons (Fsp3) is 0.316. The van der Waals surface area contributed by atoms with E-state index in [9.17, 15) is 22.0 Å². The van der Waals surface area contributed by atoms with Crippen LogP contribution in [0.5, 0.6) is 0 Å². The van der Waals surface area contributed by atoms with Crippen LogP contribution >= 0.6 is 11.8 Å². The van der Waals surface area contributed by atoms with Gasteiger partial charge >= 0.3 is 0 Å². The number of sulfonamides is 1. The van der Waals surface area contributed by atoms with Crippen molar-refractivity contribution < 1.29 is 22.0 Å². The Hall–Kier alpha value is -1.97. The first kappa shape index (κ1) is 22.3. The fourth-order valence-corrected chi connectivity index (χ4v) is 4.88. The van der Waals surface area contributed by atoms with Crippen molar-refractivity contribution in [1.82, 2.24) is 4.31 Å². The molecule has 0 aliphatic rings. The van der Waals surface area contributed by atoms with Crippen LogP contribution < -0.4 is 5.32 Å². The lowest BCUT2D eigenvalue weighted by molar-refractivity contribution is -0.115. The van der Waals surface area contributed by atoms with Gasteiger partial charge in [0.1, 0.15) is 0 Å². The second kappa shape index (κ2) is 9.99. The van der Waals surface area contributed by atoms with E-state index in [2.05, 4.69) is 5.32 Å². The number of benzene rings is 2. The minimum atomic E-state index is -3.61. The molecule has 0 fully saturated rings. The van der Waals surface area contributed by atoms with E-state index in [1.165, 1.54) is 34.3 Å². The zero-order chi connectivity index (χ0) is 20.7. The summed E-state index contributed by atoms with van der Waals surface area (Å²) in [6.07, 6.45) is 0.136. The summed E-state index contributed by atoms with van der Waals surface area (Å²) in [5, 5.41) is 2.67. The Bertz CT molecular complexity index is 933. The second-order valence-corrected chi connectivity index (χ2v) is 8.95. The average molecular weight is 429 g/mol. The number of nitrogens with one attached hydrogen (secondary N) is 1. The molecule has 0 spiro atoms. The van der Waals surface area contributed by atoms with E-state index in [1.807, 2.05) is 0 Å². The van der Waals surface area contributed by atoms with E-state index < -0.39 is 21.7 Å². The molecule has 2 aromatic carbocycles. The smallest absolute Gasteiger partial charge is 0.243 e. The second-order valence-electron chi connectivity index (χ2n) is 5.84. The van der Waals surface area contributed by atoms with Gasteiger partial charge in [-0.05, 0) is 36.4 Å². The van der Waals surface area contributed by atoms with Crippen LogP contribution in [0.2, 0.25) is 0 Å². The van der Waals surface area contributed by atoms with E-state index in [4.69, 9.17) is 0 Å². The molecule has 152 valence electrons. The highest BCUT2D eigenvalue weighted by molar-refractivity contribution is 7.99. The third-order valence-electron chi connectivity index (χ3n) is 3.95. The number of carbonyl (C=O) groups excluding carboxylic acids is 1. The Labute approximate surface area is 168 Å². The number of thioether (sulfide) groups is 1. The van der Waals surface area contributed by atoms with Crippen LogP contribution in [0.3, 0.4) is 0 Å². The molecule has 0 saturated heterocycles. The van der Waals surface area contributed by atoms with Gasteiger partial charge in [-0.2, -0.15) is 4.31 Å². The molecule has 0 atom stereocenters. The van der Waals surface area contributed by atoms with Gasteiger partial charge in [0.15, 0.2) is 11.6 Å². The molecular weight excluding hydrogens is 406 g/mol. The summed E-state index contributed by atoms with van der Waals surface area (Å²) in [5.74, 6) is -1.77. The highest BCUT2D eigenvalue weighted by atomic mass is 32.2. The fourth-order valence-electron chi connectivity index (χ4n) is 2.50. The number of amides is 1. The molecule has 0 aliphatic carbocycles. The first-order chi connectivity index (χ1) is 13.3. The summed E-state index contributed by atoms with van der Waals surface area (Å²) in [6, 6.07) is 9.67. The zero-order valence-electron chi connectivity index (χ0n) is 15.6. The summed E-state index contributed by atoms with van der Waals surface area (Å²) in [4.78, 5) is 12.8. The van der Waals surface area contributed by atoms with Gasteiger partial charge in [-0.25, -0.2) is 17.2 Å². The van der Waals surface area contributed by atoms with Crippen molar-refractivity contribution >= 4 is 33.4 Å². The van der Waals surface area contributed by atoms with Gasteiger partial charge in [0, 0.05) is 35.8 Å². The molecule has 0 heterocycles. The molecule has 0 aromatic heterocycles. The maximum Gasteiger partial charge on any atom is 0.243 e. The number of halogens is 2. The molecule has 1 amide bonds. The first-order valence-electron chi connectivity index (χ1n) is 8.75. The SMILES string of the molecule is CCN(CC)S(=O)(=O)c1cccc(NC(=O)CCSc2ccc(F)c(F)c2)c1. The number of carbonyl (C=O) groups is 1. The third kappa shape index (κ3) is 5.76. The summed E-state index contributed by atoms with van der Waals surface area (Å²) in [6.45, 7) is 4.24. The molecule has 28 heavy (non-hydrogen) atoms. The van der Waals surface area contributed by atoms with Crippen molar-refractivity contribution in [3.63, 3.8) is 0 Å². The summed E-state index contributed by atoms with van der Waals surface area (Å²) < 4.78 is 52.6. The van der Waals surface area contributed by atoms with Crippen molar-refractivity contribution in [3.8, 4) is 0 Å². The normalized spacial score (nSPS) is 11.6. The van der Waals surface area contributed by atoms with Crippen molar-refractivity contribution in [2.45, 2.75) is 30.1 Å². The van der Waals surface area contributed by atoms with E-state index in [-0.39, 0.29) is 17.2 Å². The molecule has 5 nitrogen and oxygen atoms in total. The maximum atomic E-state index is 13.2. The maximum absolute atomic E-state index is 13.2. The monoisotopic (exact) mass is 428 g/mol. The predicted molar refractivity (Wildman–Crippen MR) is 107 cm³/mol. The van der Waals surface area contributed by atoms with Crippen LogP contribution in [0.25, 0.3) is 0 Å². The van der Waals surface area contributed by atoms with Gasteiger partial charge in [-0.15, -0.1) is 11.8 Å². The molecule has 2 rings (SSSR count). The van der Waals surface area contributed by atoms with Crippen LogP contribution in [-0.4, -0.2) is 37.5 Å². The van der Waals surface area contributed by atoms with Crippen molar-refractivity contribution in [2.24, 2.45) is 0 Å². The molecule has 0 unspecified atom stereocenters. The van der Waals surface area contributed by atoms with Crippen molar-refractivity contribution in [2.75, 3.05) is 24.2 Å². The van der Waals surface area contributed by atoms with Crippen molar-refractivity contribution in [3.05, 3.63) is 54.1 Å². The minimum absolute atomic E-state index is 0.116. The van der Waals surface area contributed by atoms with Gasteiger partial charge in [0.2, 0.25) is 15.9 Å². The lowest BCUT2D eigenvalue weighted by Crippen LogP contribution is -2.30. The predicted octanol–water partition coefficient (Wildman–Crippen LogP) is 4.12. The quantitative estimate of drug-likeness (QED) is 0.611. The van der Waals surface area contributed by atoms with Crippen LogP contribution in [0, 0.1) is 11.6 Å². The average Bonchev–Trinajstić information content (AvgIpc) is 2.65. The van der Waals surface area contributed by atoms with Crippen LogP contribution in [0.4, 0.5) is 14.5 Å². The zero-order valence-corrected chi connectivity index (χ0v) is 17.2. The number of hydrogen-bond donors (Lipinski definition) is 1. The molecule has 1 N–H and O–H groups in total. The van der Waals surface area contributed by atoms with Gasteiger partial charge in [-0.1, -0.05) is 19.9 Å². The Morgan fingerprint density at radius 1 is 1.07 bits per heavy atom. The third-order valence-corrected chi connectivity index (χ3v) is 6.99. The highest BCUT2D eigenvalue weighted by Crippen LogP contribution is 2.22. The van der Waals surface area contributed by atoms with E-state index >= 15 is 0 Å². The lowest BCUT2D eigenvalue weighted by atomic mass is 10.3. The molecule has 0 radical (unpaired) electrons. The number of anilines is 1. The standard InChI is InChI=1S/C19H22F2N2O3S2/c1-3-23(4-2)28(25,26)16-7-5-6-14(12-16)22-19(24)10-11-27-15-8-9-17(20)18(21)13-15/h5-9,12-13H,3-4,10-11H2,1-2H3,(H,22,24). The molecule has 2 aromatic rings. The number of rotatable bonds is 9. The summed E-state index contributed by atoms with van der Waals surface area (Å²) >= 11 is 1.23. The van der Waals surface area contributed by atoms with Crippen LogP contribution in [-0.2, 0) is 14.8 Å². The minimum Gasteiger partial charge on any atom is -0.326 e. The Morgan fingerprint density at radius 2 is 1.79 bits per heavy atom. The van der Waals surface area contributed by atoms with Gasteiger partial charge < -0.3 is 5.32 Å². The molecule has 0 aliphatic heterocycles. The van der Waals surface area contributed by atoms with E-state index in [0.29, 0.717) is 29.4 Å². The van der Waals surface area contributed by atoms with E-state index in [1.54, 1.807) is 26.0 Å². The Balaban J connectivity index is 1.96. The number of hydrogen-bond acceptors (Lipinski definition) is 4. The highest BCUT2D eigenvalue weighted by Gasteiger charge is 2.21. The van der Waals surface area contributed by atoms with E-state index in [0.717, 1.165) is 12.1 Å².